The summed E-state index contributed by atoms with van der Waals surface area (Å²) in [6.07, 6.45) is 5.57. The molecular weight excluding hydrogens is 270 g/mol. The van der Waals surface area contributed by atoms with Crippen LogP contribution < -0.4 is 5.32 Å². The number of carbonyl (C=O) groups excluding carboxylic acids is 1. The Morgan fingerprint density at radius 2 is 1.76 bits per heavy atom. The van der Waals surface area contributed by atoms with Gasteiger partial charge in [-0.15, -0.1) is 0 Å². The van der Waals surface area contributed by atoms with E-state index < -0.39 is 11.5 Å². The smallest absolute Gasteiger partial charge is 0.329 e. The molecule has 2 saturated heterocycles. The van der Waals surface area contributed by atoms with E-state index in [9.17, 15) is 14.7 Å². The second-order valence-corrected chi connectivity index (χ2v) is 6.95. The van der Waals surface area contributed by atoms with Gasteiger partial charge < -0.3 is 20.2 Å². The summed E-state index contributed by atoms with van der Waals surface area (Å²) in [5.74, 6) is -1.000. The molecule has 2 fully saturated rings. The molecular formula is C15H27N3O3. The van der Waals surface area contributed by atoms with Gasteiger partial charge in [0.05, 0.1) is 0 Å². The standard InChI is InChI=1S/C15H27N3O3/c1-15(2,13(19)20)18(4)14(21)16-10-8-11-6-5-7-12(9-10)17(11)3/h10-12H,5-9H2,1-4H3,(H,16,21)(H,19,20). The third-order valence-corrected chi connectivity index (χ3v) is 5.33. The predicted octanol–water partition coefficient (Wildman–Crippen LogP) is 1.51. The largest absolute Gasteiger partial charge is 0.480 e. The van der Waals surface area contributed by atoms with Crippen LogP contribution in [0.4, 0.5) is 4.79 Å². The van der Waals surface area contributed by atoms with Crippen molar-refractivity contribution in [2.24, 2.45) is 0 Å². The molecule has 21 heavy (non-hydrogen) atoms. The summed E-state index contributed by atoms with van der Waals surface area (Å²) >= 11 is 0. The Balaban J connectivity index is 1.96. The number of carboxylic acids is 1. The van der Waals surface area contributed by atoms with Crippen molar-refractivity contribution in [3.63, 3.8) is 0 Å². The molecule has 2 aliphatic rings. The molecule has 6 heteroatoms. The van der Waals surface area contributed by atoms with Crippen LogP contribution in [0.1, 0.15) is 46.0 Å². The Kier molecular flexibility index (Phi) is 4.46. The van der Waals surface area contributed by atoms with Crippen LogP contribution in [-0.4, -0.2) is 64.7 Å². The van der Waals surface area contributed by atoms with E-state index in [2.05, 4.69) is 17.3 Å². The molecule has 6 nitrogen and oxygen atoms in total. The number of hydrogen-bond donors (Lipinski definition) is 2. The average molecular weight is 297 g/mol. The molecule has 0 aromatic carbocycles. The van der Waals surface area contributed by atoms with E-state index in [0.29, 0.717) is 12.1 Å². The Labute approximate surface area is 126 Å². The van der Waals surface area contributed by atoms with Crippen molar-refractivity contribution in [2.75, 3.05) is 14.1 Å². The van der Waals surface area contributed by atoms with Crippen molar-refractivity contribution in [1.82, 2.24) is 15.1 Å². The number of likely N-dealkylation sites (N-methyl/N-ethyl adjacent to an activating group) is 1. The number of piperidine rings is 2. The fourth-order valence-corrected chi connectivity index (χ4v) is 3.40. The van der Waals surface area contributed by atoms with Gasteiger partial charge in [0, 0.05) is 25.2 Å². The van der Waals surface area contributed by atoms with Crippen molar-refractivity contribution in [1.29, 1.82) is 0 Å². The monoisotopic (exact) mass is 297 g/mol. The maximum atomic E-state index is 12.3. The first-order valence-electron chi connectivity index (χ1n) is 7.73. The van der Waals surface area contributed by atoms with Gasteiger partial charge in [-0.25, -0.2) is 9.59 Å². The predicted molar refractivity (Wildman–Crippen MR) is 80.2 cm³/mol. The highest BCUT2D eigenvalue weighted by Crippen LogP contribution is 2.32. The number of nitrogens with one attached hydrogen (secondary N) is 1. The van der Waals surface area contributed by atoms with E-state index >= 15 is 0 Å². The lowest BCUT2D eigenvalue weighted by atomic mass is 9.82. The molecule has 2 heterocycles. The summed E-state index contributed by atoms with van der Waals surface area (Å²) in [4.78, 5) is 27.3. The first-order valence-corrected chi connectivity index (χ1v) is 7.73. The van der Waals surface area contributed by atoms with Gasteiger partial charge in [-0.05, 0) is 46.6 Å². The van der Waals surface area contributed by atoms with Gasteiger partial charge in [0.1, 0.15) is 5.54 Å². The van der Waals surface area contributed by atoms with Crippen LogP contribution >= 0.6 is 0 Å². The molecule has 0 aromatic rings. The minimum atomic E-state index is -1.20. The number of rotatable bonds is 3. The normalized spacial score (nSPS) is 29.8. The summed E-state index contributed by atoms with van der Waals surface area (Å²) in [5, 5.41) is 12.2. The van der Waals surface area contributed by atoms with Crippen molar-refractivity contribution in [3.05, 3.63) is 0 Å². The van der Waals surface area contributed by atoms with Crippen LogP contribution in [0, 0.1) is 0 Å². The summed E-state index contributed by atoms with van der Waals surface area (Å²) in [7, 11) is 3.71. The quantitative estimate of drug-likeness (QED) is 0.828. The van der Waals surface area contributed by atoms with Crippen molar-refractivity contribution in [2.45, 2.75) is 69.6 Å². The summed E-state index contributed by atoms with van der Waals surface area (Å²) in [6.45, 7) is 3.08. The number of urea groups is 1. The highest BCUT2D eigenvalue weighted by atomic mass is 16.4. The van der Waals surface area contributed by atoms with Crippen LogP contribution in [0.2, 0.25) is 0 Å². The van der Waals surface area contributed by atoms with Gasteiger partial charge in [-0.2, -0.15) is 0 Å². The lowest BCUT2D eigenvalue weighted by molar-refractivity contribution is -0.146. The molecule has 0 aromatic heterocycles. The Morgan fingerprint density at radius 1 is 1.24 bits per heavy atom. The number of nitrogens with zero attached hydrogens (tertiary/aromatic N) is 2. The highest BCUT2D eigenvalue weighted by Gasteiger charge is 2.39. The van der Waals surface area contributed by atoms with E-state index in [4.69, 9.17) is 0 Å². The molecule has 2 bridgehead atoms. The third-order valence-electron chi connectivity index (χ3n) is 5.33. The summed E-state index contributed by atoms with van der Waals surface area (Å²) in [6, 6.07) is 0.937. The molecule has 120 valence electrons. The minimum Gasteiger partial charge on any atom is -0.480 e. The molecule has 2 rings (SSSR count). The van der Waals surface area contributed by atoms with Gasteiger partial charge in [0.2, 0.25) is 0 Å². The zero-order valence-corrected chi connectivity index (χ0v) is 13.4. The van der Waals surface area contributed by atoms with E-state index in [0.717, 1.165) is 12.8 Å². The van der Waals surface area contributed by atoms with Gasteiger partial charge >= 0.3 is 12.0 Å². The van der Waals surface area contributed by atoms with Crippen LogP contribution in [0.3, 0.4) is 0 Å². The van der Waals surface area contributed by atoms with Crippen LogP contribution in [0.15, 0.2) is 0 Å². The number of amides is 2. The van der Waals surface area contributed by atoms with E-state index in [1.165, 1.54) is 38.0 Å². The van der Waals surface area contributed by atoms with E-state index in [-0.39, 0.29) is 12.1 Å². The molecule has 2 amide bonds. The van der Waals surface area contributed by atoms with E-state index in [1.54, 1.807) is 7.05 Å². The molecule has 0 saturated carbocycles. The summed E-state index contributed by atoms with van der Waals surface area (Å²) in [5.41, 5.74) is -1.20. The number of aliphatic carboxylic acids is 1. The lowest BCUT2D eigenvalue weighted by Crippen LogP contribution is -2.59. The topological polar surface area (TPSA) is 72.9 Å². The number of carboxylic acid groups (broad SMARTS) is 1. The van der Waals surface area contributed by atoms with Crippen LogP contribution in [0.25, 0.3) is 0 Å². The molecule has 0 aliphatic carbocycles. The van der Waals surface area contributed by atoms with Crippen molar-refractivity contribution < 1.29 is 14.7 Å². The van der Waals surface area contributed by atoms with Crippen molar-refractivity contribution in [3.8, 4) is 0 Å². The van der Waals surface area contributed by atoms with Crippen molar-refractivity contribution >= 4 is 12.0 Å². The molecule has 2 N–H and O–H groups in total. The number of carbonyl (C=O) groups is 2. The molecule has 2 atom stereocenters. The first-order chi connectivity index (χ1) is 9.73. The molecule has 0 radical (unpaired) electrons. The molecule has 2 unspecified atom stereocenters. The zero-order chi connectivity index (χ0) is 15.8. The maximum absolute atomic E-state index is 12.3. The van der Waals surface area contributed by atoms with Gasteiger partial charge in [0.15, 0.2) is 0 Å². The second-order valence-electron chi connectivity index (χ2n) is 6.95. The molecule has 2 aliphatic heterocycles. The summed E-state index contributed by atoms with van der Waals surface area (Å²) < 4.78 is 0. The van der Waals surface area contributed by atoms with Gasteiger partial charge in [-0.1, -0.05) is 6.42 Å². The lowest BCUT2D eigenvalue weighted by Gasteiger charge is -2.47. The van der Waals surface area contributed by atoms with Gasteiger partial charge in [0.25, 0.3) is 0 Å². The maximum Gasteiger partial charge on any atom is 0.329 e. The average Bonchev–Trinajstić information content (AvgIpc) is 2.38. The Hall–Kier alpha value is -1.30. The fourth-order valence-electron chi connectivity index (χ4n) is 3.40. The second kappa shape index (κ2) is 5.83. The Bertz CT molecular complexity index is 410. The first kappa shape index (κ1) is 16.1. The van der Waals surface area contributed by atoms with E-state index in [1.807, 2.05) is 0 Å². The minimum absolute atomic E-state index is 0.149. The SMILES string of the molecule is CN1C2CCCC1CC(NC(=O)N(C)C(C)(C)C(=O)O)C2. The van der Waals surface area contributed by atoms with Gasteiger partial charge in [-0.3, -0.25) is 0 Å². The number of hydrogen-bond acceptors (Lipinski definition) is 3. The highest BCUT2D eigenvalue weighted by molar-refractivity contribution is 5.85. The van der Waals surface area contributed by atoms with Crippen LogP contribution in [-0.2, 0) is 4.79 Å². The number of fused-ring (bicyclic) bond motifs is 2. The Morgan fingerprint density at radius 3 is 2.24 bits per heavy atom. The third kappa shape index (κ3) is 3.15. The van der Waals surface area contributed by atoms with Crippen LogP contribution in [0.5, 0.6) is 0 Å². The fraction of sp³-hybridized carbons (Fsp3) is 0.867. The zero-order valence-electron chi connectivity index (χ0n) is 13.4. The molecule has 0 spiro atoms.